The van der Waals surface area contributed by atoms with Gasteiger partial charge in [-0.25, -0.2) is 4.79 Å². The number of hydrogen-bond acceptors (Lipinski definition) is 4. The molecule has 1 saturated heterocycles. The van der Waals surface area contributed by atoms with Crippen LogP contribution in [-0.2, 0) is 14.3 Å². The fraction of sp³-hybridized carbons (Fsp3) is 0.857. The van der Waals surface area contributed by atoms with E-state index in [9.17, 15) is 9.59 Å². The Bertz CT molecular complexity index is 322. The van der Waals surface area contributed by atoms with E-state index in [4.69, 9.17) is 9.84 Å². The fourth-order valence-corrected chi connectivity index (χ4v) is 2.29. The van der Waals surface area contributed by atoms with E-state index in [0.717, 1.165) is 12.8 Å². The topological polar surface area (TPSA) is 78.9 Å². The van der Waals surface area contributed by atoms with E-state index < -0.39 is 12.1 Å². The van der Waals surface area contributed by atoms with Gasteiger partial charge in [0.15, 0.2) is 6.10 Å². The van der Waals surface area contributed by atoms with Gasteiger partial charge in [-0.15, -0.1) is 0 Å². The van der Waals surface area contributed by atoms with Crippen LogP contribution in [0.25, 0.3) is 0 Å². The number of carboxylic acid groups (broad SMARTS) is 1. The third-order valence-corrected chi connectivity index (χ3v) is 3.44. The predicted octanol–water partition coefficient (Wildman–Crippen LogP) is 0.857. The Hall–Kier alpha value is -1.14. The van der Waals surface area contributed by atoms with Crippen LogP contribution in [-0.4, -0.2) is 60.3 Å². The van der Waals surface area contributed by atoms with Crippen molar-refractivity contribution in [1.29, 1.82) is 0 Å². The van der Waals surface area contributed by atoms with Crippen molar-refractivity contribution in [2.75, 3.05) is 26.2 Å². The van der Waals surface area contributed by atoms with Gasteiger partial charge in [0, 0.05) is 19.1 Å². The summed E-state index contributed by atoms with van der Waals surface area (Å²) in [5.74, 6) is -1.01. The molecule has 0 radical (unpaired) electrons. The van der Waals surface area contributed by atoms with Gasteiger partial charge in [0.25, 0.3) is 0 Å². The molecule has 0 spiro atoms. The fourth-order valence-electron chi connectivity index (χ4n) is 2.29. The van der Waals surface area contributed by atoms with Gasteiger partial charge >= 0.3 is 5.97 Å². The lowest BCUT2D eigenvalue weighted by molar-refractivity contribution is -0.156. The number of carboxylic acids is 1. The molecule has 1 amide bonds. The zero-order valence-corrected chi connectivity index (χ0v) is 12.4. The largest absolute Gasteiger partial charge is 0.479 e. The molecule has 1 aliphatic rings. The van der Waals surface area contributed by atoms with Crippen LogP contribution < -0.4 is 5.32 Å². The molecule has 1 heterocycles. The molecule has 2 atom stereocenters. The average Bonchev–Trinajstić information content (AvgIpc) is 2.39. The van der Waals surface area contributed by atoms with Gasteiger partial charge in [-0.3, -0.25) is 9.69 Å². The first kappa shape index (κ1) is 16.9. The summed E-state index contributed by atoms with van der Waals surface area (Å²) in [7, 11) is 0. The lowest BCUT2D eigenvalue weighted by atomic mass is 10.1. The highest BCUT2D eigenvalue weighted by Crippen LogP contribution is 2.06. The molecule has 0 aromatic heterocycles. The minimum atomic E-state index is -0.969. The van der Waals surface area contributed by atoms with Crippen molar-refractivity contribution in [2.24, 2.45) is 0 Å². The van der Waals surface area contributed by atoms with Crippen LogP contribution in [0.4, 0.5) is 0 Å². The molecule has 6 nitrogen and oxygen atoms in total. The normalized spacial score (nSPS) is 21.4. The number of rotatable bonds is 8. The number of amides is 1. The van der Waals surface area contributed by atoms with Crippen molar-refractivity contribution in [3.63, 3.8) is 0 Å². The molecule has 2 unspecified atom stereocenters. The lowest BCUT2D eigenvalue weighted by Crippen LogP contribution is -2.50. The minimum Gasteiger partial charge on any atom is -0.479 e. The molecule has 0 saturated carbocycles. The molecular formula is C14H26N2O4. The predicted molar refractivity (Wildman–Crippen MR) is 75.6 cm³/mol. The van der Waals surface area contributed by atoms with Crippen LogP contribution >= 0.6 is 0 Å². The zero-order valence-electron chi connectivity index (χ0n) is 12.4. The van der Waals surface area contributed by atoms with Crippen molar-refractivity contribution in [3.8, 4) is 0 Å². The molecule has 116 valence electrons. The number of hydrogen-bond donors (Lipinski definition) is 2. The Balaban J connectivity index is 2.25. The van der Waals surface area contributed by atoms with Crippen molar-refractivity contribution >= 4 is 11.9 Å². The second-order valence-electron chi connectivity index (χ2n) is 5.40. The first-order chi connectivity index (χ1) is 9.52. The van der Waals surface area contributed by atoms with Crippen LogP contribution in [0.15, 0.2) is 0 Å². The number of nitrogens with zero attached hydrogens (tertiary/aromatic N) is 1. The summed E-state index contributed by atoms with van der Waals surface area (Å²) in [5, 5.41) is 11.9. The molecule has 6 heteroatoms. The van der Waals surface area contributed by atoms with Crippen molar-refractivity contribution < 1.29 is 19.4 Å². The highest BCUT2D eigenvalue weighted by atomic mass is 16.5. The third-order valence-electron chi connectivity index (χ3n) is 3.44. The van der Waals surface area contributed by atoms with E-state index in [2.05, 4.69) is 12.2 Å². The van der Waals surface area contributed by atoms with Gasteiger partial charge in [0.1, 0.15) is 0 Å². The van der Waals surface area contributed by atoms with Gasteiger partial charge in [-0.2, -0.15) is 0 Å². The lowest BCUT2D eigenvalue weighted by Gasteiger charge is -2.30. The molecule has 1 rings (SSSR count). The number of ether oxygens (including phenoxy) is 1. The van der Waals surface area contributed by atoms with E-state index in [1.165, 1.54) is 12.8 Å². The Morgan fingerprint density at radius 2 is 2.20 bits per heavy atom. The molecule has 0 aromatic rings. The Morgan fingerprint density at radius 1 is 1.45 bits per heavy atom. The monoisotopic (exact) mass is 286 g/mol. The van der Waals surface area contributed by atoms with Crippen molar-refractivity contribution in [1.82, 2.24) is 10.2 Å². The summed E-state index contributed by atoms with van der Waals surface area (Å²) in [6.45, 7) is 5.63. The maximum absolute atomic E-state index is 11.9. The summed E-state index contributed by atoms with van der Waals surface area (Å²) >= 11 is 0. The molecule has 1 fully saturated rings. The maximum Gasteiger partial charge on any atom is 0.334 e. The average molecular weight is 286 g/mol. The quantitative estimate of drug-likeness (QED) is 0.647. The van der Waals surface area contributed by atoms with Crippen molar-refractivity contribution in [2.45, 2.75) is 51.7 Å². The summed E-state index contributed by atoms with van der Waals surface area (Å²) in [6.07, 6.45) is 3.64. The number of unbranched alkanes of at least 4 members (excludes halogenated alkanes) is 2. The third kappa shape index (κ3) is 6.34. The summed E-state index contributed by atoms with van der Waals surface area (Å²) < 4.78 is 5.12. The maximum atomic E-state index is 11.9. The standard InChI is InChI=1S/C14H26N2O4/c1-3-4-5-6-11(2)15-13(17)10-16-7-8-20-12(9-16)14(18)19/h11-12H,3-10H2,1-2H3,(H,15,17)(H,18,19). The van der Waals surface area contributed by atoms with E-state index in [-0.39, 0.29) is 25.0 Å². The summed E-state index contributed by atoms with van der Waals surface area (Å²) in [6, 6.07) is 0.172. The first-order valence-corrected chi connectivity index (χ1v) is 7.39. The second kappa shape index (κ2) is 8.92. The first-order valence-electron chi connectivity index (χ1n) is 7.39. The number of morpholine rings is 1. The number of nitrogens with one attached hydrogen (secondary N) is 1. The van der Waals surface area contributed by atoms with Gasteiger partial charge in [0.2, 0.25) is 5.91 Å². The van der Waals surface area contributed by atoms with Gasteiger partial charge in [0.05, 0.1) is 13.2 Å². The minimum absolute atomic E-state index is 0.0416. The van der Waals surface area contributed by atoms with Crippen LogP contribution in [0.2, 0.25) is 0 Å². The molecule has 1 aliphatic heterocycles. The summed E-state index contributed by atoms with van der Waals surface area (Å²) in [4.78, 5) is 24.6. The highest BCUT2D eigenvalue weighted by molar-refractivity contribution is 5.78. The molecule has 2 N–H and O–H groups in total. The Kier molecular flexibility index (Phi) is 7.54. The van der Waals surface area contributed by atoms with E-state index in [1.54, 1.807) is 0 Å². The SMILES string of the molecule is CCCCCC(C)NC(=O)CN1CCOC(C(=O)O)C1. The van der Waals surface area contributed by atoms with Gasteiger partial charge < -0.3 is 15.2 Å². The van der Waals surface area contributed by atoms with Crippen LogP contribution in [0.3, 0.4) is 0 Å². The summed E-state index contributed by atoms with van der Waals surface area (Å²) in [5.41, 5.74) is 0. The Morgan fingerprint density at radius 3 is 2.85 bits per heavy atom. The zero-order chi connectivity index (χ0) is 15.0. The number of carbonyl (C=O) groups excluding carboxylic acids is 1. The van der Waals surface area contributed by atoms with E-state index in [1.807, 2.05) is 11.8 Å². The highest BCUT2D eigenvalue weighted by Gasteiger charge is 2.27. The second-order valence-corrected chi connectivity index (χ2v) is 5.40. The van der Waals surface area contributed by atoms with Gasteiger partial charge in [-0.1, -0.05) is 26.2 Å². The number of carbonyl (C=O) groups is 2. The van der Waals surface area contributed by atoms with E-state index in [0.29, 0.717) is 13.2 Å². The van der Waals surface area contributed by atoms with Crippen molar-refractivity contribution in [3.05, 3.63) is 0 Å². The van der Waals surface area contributed by atoms with Gasteiger partial charge in [-0.05, 0) is 13.3 Å². The van der Waals surface area contributed by atoms with Crippen LogP contribution in [0.1, 0.15) is 39.5 Å². The van der Waals surface area contributed by atoms with E-state index >= 15 is 0 Å². The molecular weight excluding hydrogens is 260 g/mol. The molecule has 0 aromatic carbocycles. The smallest absolute Gasteiger partial charge is 0.334 e. The Labute approximate surface area is 120 Å². The van der Waals surface area contributed by atoms with Crippen LogP contribution in [0.5, 0.6) is 0 Å². The number of aliphatic carboxylic acids is 1. The van der Waals surface area contributed by atoms with Crippen LogP contribution in [0, 0.1) is 0 Å². The molecule has 0 bridgehead atoms. The molecule has 20 heavy (non-hydrogen) atoms. The molecule has 0 aliphatic carbocycles.